The molecule has 7 heteroatoms. The molecule has 2 unspecified atom stereocenters. The molecule has 0 spiro atoms. The van der Waals surface area contributed by atoms with E-state index in [0.29, 0.717) is 10.6 Å². The first-order valence-electron chi connectivity index (χ1n) is 8.34. The predicted octanol–water partition coefficient (Wildman–Crippen LogP) is 4.12. The van der Waals surface area contributed by atoms with Crippen LogP contribution in [0.25, 0.3) is 0 Å². The molecule has 27 heavy (non-hydrogen) atoms. The highest BCUT2D eigenvalue weighted by Gasteiger charge is 2.52. The quantitative estimate of drug-likeness (QED) is 0.582. The van der Waals surface area contributed by atoms with E-state index in [0.717, 1.165) is 17.0 Å². The lowest BCUT2D eigenvalue weighted by atomic mass is 9.85. The van der Waals surface area contributed by atoms with Crippen LogP contribution in [0.15, 0.2) is 42.5 Å². The molecule has 4 nitrogen and oxygen atoms in total. The molecular formula is C20H16ClF2NO3. The van der Waals surface area contributed by atoms with Crippen LogP contribution in [-0.4, -0.2) is 17.5 Å². The van der Waals surface area contributed by atoms with Gasteiger partial charge in [-0.1, -0.05) is 37.6 Å². The molecule has 3 rings (SSSR count). The van der Waals surface area contributed by atoms with E-state index in [1.165, 1.54) is 6.07 Å². The Balaban J connectivity index is 2.18. The first-order valence-corrected chi connectivity index (χ1v) is 8.71. The first-order chi connectivity index (χ1) is 12.7. The van der Waals surface area contributed by atoms with Gasteiger partial charge in [-0.15, -0.1) is 0 Å². The Morgan fingerprint density at radius 3 is 2.22 bits per heavy atom. The summed E-state index contributed by atoms with van der Waals surface area (Å²) >= 11 is 5.91. The Hall–Kier alpha value is -2.60. The van der Waals surface area contributed by atoms with E-state index in [1.54, 1.807) is 38.1 Å². The van der Waals surface area contributed by atoms with Crippen LogP contribution in [0.2, 0.25) is 5.02 Å². The molecule has 0 radical (unpaired) electrons. The van der Waals surface area contributed by atoms with Gasteiger partial charge in [0.1, 0.15) is 11.7 Å². The molecule has 2 atom stereocenters. The van der Waals surface area contributed by atoms with Crippen LogP contribution in [-0.2, 0) is 14.4 Å². The van der Waals surface area contributed by atoms with Gasteiger partial charge in [-0.05, 0) is 29.8 Å². The van der Waals surface area contributed by atoms with Crippen molar-refractivity contribution in [1.29, 1.82) is 0 Å². The number of benzene rings is 2. The maximum absolute atomic E-state index is 13.7. The molecule has 0 bridgehead atoms. The molecule has 1 saturated heterocycles. The van der Waals surface area contributed by atoms with Gasteiger partial charge in [0.25, 0.3) is 5.91 Å². The lowest BCUT2D eigenvalue weighted by molar-refractivity contribution is -0.139. The number of anilines is 1. The number of carbonyl (C=O) groups excluding carboxylic acids is 3. The van der Waals surface area contributed by atoms with E-state index in [2.05, 4.69) is 0 Å². The van der Waals surface area contributed by atoms with Crippen LogP contribution < -0.4 is 4.90 Å². The molecular weight excluding hydrogens is 376 g/mol. The van der Waals surface area contributed by atoms with Crippen molar-refractivity contribution >= 4 is 34.8 Å². The number of Topliss-reactive ketones (excluding diaryl/α,β-unsaturated/α-hetero) is 2. The minimum absolute atomic E-state index is 0.00579. The fraction of sp³-hybridized carbons (Fsp3) is 0.250. The summed E-state index contributed by atoms with van der Waals surface area (Å²) in [5, 5.41) is 0.445. The SMILES string of the molecule is CC(C)C(=O)C1C(=O)C(=O)N(c2ccc(F)c(F)c2)C1c1ccc(Cl)cc1. The number of hydrogen-bond acceptors (Lipinski definition) is 3. The summed E-state index contributed by atoms with van der Waals surface area (Å²) in [6, 6.07) is 8.31. The van der Waals surface area contributed by atoms with Crippen molar-refractivity contribution in [3.63, 3.8) is 0 Å². The minimum atomic E-state index is -1.23. The maximum atomic E-state index is 13.7. The first kappa shape index (κ1) is 19.2. The molecule has 1 aliphatic rings. The number of halogens is 3. The van der Waals surface area contributed by atoms with Gasteiger partial charge in [0, 0.05) is 22.7 Å². The van der Waals surface area contributed by atoms with E-state index in [9.17, 15) is 23.2 Å². The molecule has 1 aliphatic heterocycles. The van der Waals surface area contributed by atoms with E-state index in [-0.39, 0.29) is 5.69 Å². The van der Waals surface area contributed by atoms with Crippen molar-refractivity contribution in [1.82, 2.24) is 0 Å². The lowest BCUT2D eigenvalue weighted by Crippen LogP contribution is -2.31. The number of ketones is 2. The Bertz CT molecular complexity index is 927. The molecule has 1 fully saturated rings. The van der Waals surface area contributed by atoms with Gasteiger partial charge < -0.3 is 0 Å². The zero-order valence-corrected chi connectivity index (χ0v) is 15.3. The number of amides is 1. The molecule has 2 aromatic rings. The van der Waals surface area contributed by atoms with Gasteiger partial charge in [-0.25, -0.2) is 8.78 Å². The number of carbonyl (C=O) groups is 3. The summed E-state index contributed by atoms with van der Waals surface area (Å²) in [6.45, 7) is 3.28. The van der Waals surface area contributed by atoms with Crippen molar-refractivity contribution in [2.75, 3.05) is 4.90 Å². The summed E-state index contributed by atoms with van der Waals surface area (Å²) in [5.41, 5.74) is 0.508. The van der Waals surface area contributed by atoms with Crippen molar-refractivity contribution in [2.45, 2.75) is 19.9 Å². The smallest absolute Gasteiger partial charge is 0.295 e. The van der Waals surface area contributed by atoms with Crippen molar-refractivity contribution in [3.8, 4) is 0 Å². The van der Waals surface area contributed by atoms with Gasteiger partial charge in [0.15, 0.2) is 11.6 Å². The van der Waals surface area contributed by atoms with Crippen molar-refractivity contribution in [3.05, 3.63) is 64.7 Å². The Morgan fingerprint density at radius 2 is 1.67 bits per heavy atom. The third kappa shape index (κ3) is 3.37. The number of nitrogens with zero attached hydrogens (tertiary/aromatic N) is 1. The zero-order valence-electron chi connectivity index (χ0n) is 14.6. The van der Waals surface area contributed by atoms with Crippen LogP contribution in [0.5, 0.6) is 0 Å². The summed E-state index contributed by atoms with van der Waals surface area (Å²) < 4.78 is 27.1. The summed E-state index contributed by atoms with van der Waals surface area (Å²) in [7, 11) is 0. The highest BCUT2D eigenvalue weighted by molar-refractivity contribution is 6.48. The fourth-order valence-corrected chi connectivity index (χ4v) is 3.35. The third-order valence-corrected chi connectivity index (χ3v) is 4.83. The van der Waals surface area contributed by atoms with Crippen LogP contribution in [0.4, 0.5) is 14.5 Å². The number of rotatable bonds is 4. The van der Waals surface area contributed by atoms with Crippen LogP contribution in [0.1, 0.15) is 25.5 Å². The maximum Gasteiger partial charge on any atom is 0.295 e. The second-order valence-corrected chi connectivity index (χ2v) is 7.11. The Morgan fingerprint density at radius 1 is 1.04 bits per heavy atom. The zero-order chi connectivity index (χ0) is 19.9. The second kappa shape index (κ2) is 7.19. The minimum Gasteiger partial charge on any atom is -0.298 e. The highest BCUT2D eigenvalue weighted by atomic mass is 35.5. The van der Waals surface area contributed by atoms with Crippen molar-refractivity contribution < 1.29 is 23.2 Å². The number of hydrogen-bond donors (Lipinski definition) is 0. The molecule has 0 aromatic heterocycles. The summed E-state index contributed by atoms with van der Waals surface area (Å²) in [5.74, 6) is -6.12. The monoisotopic (exact) mass is 391 g/mol. The lowest BCUT2D eigenvalue weighted by Gasteiger charge is -2.28. The van der Waals surface area contributed by atoms with Gasteiger partial charge in [-0.3, -0.25) is 19.3 Å². The third-order valence-electron chi connectivity index (χ3n) is 4.57. The average molecular weight is 392 g/mol. The summed E-state index contributed by atoms with van der Waals surface area (Å²) in [4.78, 5) is 39.0. The predicted molar refractivity (Wildman–Crippen MR) is 96.4 cm³/mol. The average Bonchev–Trinajstić information content (AvgIpc) is 2.89. The standard InChI is InChI=1S/C20H16ClF2NO3/c1-10(2)18(25)16-17(11-3-5-12(21)6-4-11)24(20(27)19(16)26)13-7-8-14(22)15(23)9-13/h3-10,16-17H,1-2H3. The van der Waals surface area contributed by atoms with E-state index in [4.69, 9.17) is 11.6 Å². The Labute approximate surface area is 159 Å². The normalized spacial score (nSPS) is 19.9. The molecule has 0 N–H and O–H groups in total. The van der Waals surface area contributed by atoms with Gasteiger partial charge in [0.05, 0.1) is 6.04 Å². The topological polar surface area (TPSA) is 54.5 Å². The van der Waals surface area contributed by atoms with E-state index < -0.39 is 47.0 Å². The summed E-state index contributed by atoms with van der Waals surface area (Å²) in [6.07, 6.45) is 0. The Kier molecular flexibility index (Phi) is 5.11. The molecule has 0 saturated carbocycles. The molecule has 1 amide bonds. The van der Waals surface area contributed by atoms with Crippen LogP contribution in [0.3, 0.4) is 0 Å². The fourth-order valence-electron chi connectivity index (χ4n) is 3.23. The second-order valence-electron chi connectivity index (χ2n) is 6.67. The van der Waals surface area contributed by atoms with Crippen LogP contribution in [0, 0.1) is 23.5 Å². The molecule has 0 aliphatic carbocycles. The van der Waals surface area contributed by atoms with Crippen LogP contribution >= 0.6 is 11.6 Å². The highest BCUT2D eigenvalue weighted by Crippen LogP contribution is 2.41. The van der Waals surface area contributed by atoms with Crippen molar-refractivity contribution in [2.24, 2.45) is 11.8 Å². The van der Waals surface area contributed by atoms with Gasteiger partial charge in [-0.2, -0.15) is 0 Å². The van der Waals surface area contributed by atoms with E-state index >= 15 is 0 Å². The molecule has 1 heterocycles. The largest absolute Gasteiger partial charge is 0.298 e. The van der Waals surface area contributed by atoms with E-state index in [1.807, 2.05) is 0 Å². The van der Waals surface area contributed by atoms with Gasteiger partial charge in [0.2, 0.25) is 5.78 Å². The van der Waals surface area contributed by atoms with Gasteiger partial charge >= 0.3 is 0 Å². The molecule has 2 aromatic carbocycles. The molecule has 140 valence electrons.